The van der Waals surface area contributed by atoms with Crippen LogP contribution in [0.4, 0.5) is 13.2 Å². The molecule has 0 saturated carbocycles. The van der Waals surface area contributed by atoms with Crippen LogP contribution in [0.3, 0.4) is 0 Å². The van der Waals surface area contributed by atoms with Crippen molar-refractivity contribution in [2.75, 3.05) is 6.54 Å². The van der Waals surface area contributed by atoms with Crippen molar-refractivity contribution in [3.05, 3.63) is 29.9 Å². The summed E-state index contributed by atoms with van der Waals surface area (Å²) in [6.07, 6.45) is -3.34. The Balaban J connectivity index is 2.08. The van der Waals surface area contributed by atoms with Crippen LogP contribution < -0.4 is 5.32 Å². The molecule has 11 heteroatoms. The van der Waals surface area contributed by atoms with Crippen molar-refractivity contribution in [2.24, 2.45) is 7.05 Å². The number of alkyl halides is 3. The van der Waals surface area contributed by atoms with Crippen molar-refractivity contribution in [1.29, 1.82) is 0 Å². The number of hydrogen-bond donors (Lipinski definition) is 2. The molecule has 0 spiro atoms. The Morgan fingerprint density at radius 2 is 2.17 bits per heavy atom. The third-order valence-corrected chi connectivity index (χ3v) is 3.16. The molecule has 0 aliphatic carbocycles. The highest BCUT2D eigenvalue weighted by Gasteiger charge is 2.57. The number of nitrogens with zero attached hydrogens (tertiary/aromatic N) is 4. The van der Waals surface area contributed by atoms with E-state index in [0.717, 1.165) is 10.8 Å². The van der Waals surface area contributed by atoms with E-state index in [2.05, 4.69) is 25.0 Å². The smallest absolute Gasteiger partial charge is 0.374 e. The summed E-state index contributed by atoms with van der Waals surface area (Å²) in [6, 6.07) is 0. The first-order valence-corrected chi connectivity index (χ1v) is 6.50. The Kier molecular flexibility index (Phi) is 4.41. The van der Waals surface area contributed by atoms with Gasteiger partial charge in [0.05, 0.1) is 0 Å². The first kappa shape index (κ1) is 16.9. The molecule has 1 unspecified atom stereocenters. The van der Waals surface area contributed by atoms with Crippen molar-refractivity contribution >= 4 is 5.91 Å². The van der Waals surface area contributed by atoms with Crippen molar-refractivity contribution in [3.8, 4) is 0 Å². The van der Waals surface area contributed by atoms with Gasteiger partial charge in [0.1, 0.15) is 5.82 Å². The first-order valence-electron chi connectivity index (χ1n) is 6.50. The van der Waals surface area contributed by atoms with Crippen LogP contribution >= 0.6 is 0 Å². The predicted octanol–water partition coefficient (Wildman–Crippen LogP) is 0.682. The largest absolute Gasteiger partial charge is 0.424 e. The van der Waals surface area contributed by atoms with E-state index in [1.54, 1.807) is 0 Å². The average Bonchev–Trinajstić information content (AvgIpc) is 3.06. The summed E-state index contributed by atoms with van der Waals surface area (Å²) in [5, 5.41) is 15.6. The fourth-order valence-corrected chi connectivity index (χ4v) is 1.97. The maximum absolute atomic E-state index is 13.2. The third-order valence-electron chi connectivity index (χ3n) is 3.16. The molecule has 0 aliphatic rings. The van der Waals surface area contributed by atoms with Gasteiger partial charge in [-0.1, -0.05) is 5.16 Å². The molecule has 0 bridgehead atoms. The van der Waals surface area contributed by atoms with Crippen molar-refractivity contribution in [1.82, 2.24) is 25.0 Å². The van der Waals surface area contributed by atoms with Gasteiger partial charge in [-0.2, -0.15) is 18.2 Å². The van der Waals surface area contributed by atoms with Crippen LogP contribution in [0, 0.1) is 6.92 Å². The fourth-order valence-electron chi connectivity index (χ4n) is 1.97. The van der Waals surface area contributed by atoms with Crippen LogP contribution in [0.1, 0.15) is 28.8 Å². The number of halogens is 3. The molecule has 0 saturated heterocycles. The van der Waals surface area contributed by atoms with Gasteiger partial charge in [0.2, 0.25) is 11.5 Å². The van der Waals surface area contributed by atoms with E-state index in [-0.39, 0.29) is 11.7 Å². The standard InChI is InChI=1S/C12H14F3N5O3/c1-7-18-8(19-23-7)9(21)16-4-3-11(22,12(13,14)15)10-17-5-6-20(10)2/h5-6,22H,3-4H2,1-2H3,(H,16,21). The summed E-state index contributed by atoms with van der Waals surface area (Å²) >= 11 is 0. The van der Waals surface area contributed by atoms with Crippen molar-refractivity contribution < 1.29 is 27.6 Å². The minimum atomic E-state index is -4.96. The summed E-state index contributed by atoms with van der Waals surface area (Å²) < 4.78 is 45.4. The van der Waals surface area contributed by atoms with Crippen LogP contribution in [0.25, 0.3) is 0 Å². The molecule has 8 nitrogen and oxygen atoms in total. The molecule has 126 valence electrons. The highest BCUT2D eigenvalue weighted by atomic mass is 19.4. The summed E-state index contributed by atoms with van der Waals surface area (Å²) in [5.74, 6) is -1.51. The summed E-state index contributed by atoms with van der Waals surface area (Å²) in [6.45, 7) is 1.00. The van der Waals surface area contributed by atoms with Gasteiger partial charge in [0.15, 0.2) is 0 Å². The lowest BCUT2D eigenvalue weighted by Crippen LogP contribution is -2.46. The van der Waals surface area contributed by atoms with Crippen LogP contribution in [0.5, 0.6) is 0 Å². The molecule has 1 amide bonds. The van der Waals surface area contributed by atoms with E-state index in [1.807, 2.05) is 0 Å². The Morgan fingerprint density at radius 1 is 1.48 bits per heavy atom. The summed E-state index contributed by atoms with van der Waals surface area (Å²) in [7, 11) is 1.33. The van der Waals surface area contributed by atoms with E-state index < -0.39 is 36.5 Å². The summed E-state index contributed by atoms with van der Waals surface area (Å²) in [5.41, 5.74) is -3.19. The maximum Gasteiger partial charge on any atom is 0.424 e. The van der Waals surface area contributed by atoms with Gasteiger partial charge in [-0.3, -0.25) is 4.79 Å². The van der Waals surface area contributed by atoms with Crippen LogP contribution in [0.2, 0.25) is 0 Å². The molecule has 0 radical (unpaired) electrons. The Bertz CT molecular complexity index is 696. The molecule has 2 N–H and O–H groups in total. The first-order chi connectivity index (χ1) is 10.6. The lowest BCUT2D eigenvalue weighted by atomic mass is 9.97. The normalized spacial score (nSPS) is 14.5. The summed E-state index contributed by atoms with van der Waals surface area (Å²) in [4.78, 5) is 18.9. The van der Waals surface area contributed by atoms with E-state index in [0.29, 0.717) is 0 Å². The second-order valence-corrected chi connectivity index (χ2v) is 4.86. The van der Waals surface area contributed by atoms with E-state index in [4.69, 9.17) is 0 Å². The van der Waals surface area contributed by atoms with Crippen molar-refractivity contribution in [3.63, 3.8) is 0 Å². The number of nitrogens with one attached hydrogen (secondary N) is 1. The van der Waals surface area contributed by atoms with Gasteiger partial charge in [-0.25, -0.2) is 4.98 Å². The van der Waals surface area contributed by atoms with Crippen LogP contribution in [0.15, 0.2) is 16.9 Å². The molecule has 0 aliphatic heterocycles. The Labute approximate surface area is 128 Å². The number of aryl methyl sites for hydroxylation is 2. The minimum absolute atomic E-state index is 0.148. The second-order valence-electron chi connectivity index (χ2n) is 4.86. The van der Waals surface area contributed by atoms with Gasteiger partial charge >= 0.3 is 6.18 Å². The van der Waals surface area contributed by atoms with E-state index in [9.17, 15) is 23.1 Å². The number of imidazole rings is 1. The van der Waals surface area contributed by atoms with Gasteiger partial charge in [0.25, 0.3) is 11.7 Å². The predicted molar refractivity (Wildman–Crippen MR) is 69.1 cm³/mol. The van der Waals surface area contributed by atoms with Gasteiger partial charge < -0.3 is 19.5 Å². The van der Waals surface area contributed by atoms with Crippen LogP contribution in [-0.2, 0) is 12.6 Å². The Hall–Kier alpha value is -2.43. The fraction of sp³-hybridized carbons (Fsp3) is 0.500. The van der Waals surface area contributed by atoms with E-state index in [1.165, 1.54) is 20.2 Å². The molecule has 0 fully saturated rings. The number of amides is 1. The zero-order valence-electron chi connectivity index (χ0n) is 12.3. The molecule has 2 heterocycles. The molecule has 2 aromatic rings. The highest BCUT2D eigenvalue weighted by molar-refractivity contribution is 5.90. The molecule has 2 rings (SSSR count). The lowest BCUT2D eigenvalue weighted by Gasteiger charge is -2.29. The molecule has 2 aromatic heterocycles. The number of aliphatic hydroxyl groups is 1. The molecular formula is C12H14F3N5O3. The zero-order chi connectivity index (χ0) is 17.3. The topological polar surface area (TPSA) is 106 Å². The number of carbonyl (C=O) groups excluding carboxylic acids is 1. The minimum Gasteiger partial charge on any atom is -0.374 e. The number of rotatable bonds is 5. The monoisotopic (exact) mass is 333 g/mol. The van der Waals surface area contributed by atoms with Crippen molar-refractivity contribution in [2.45, 2.75) is 25.1 Å². The Morgan fingerprint density at radius 3 is 2.65 bits per heavy atom. The highest BCUT2D eigenvalue weighted by Crippen LogP contribution is 2.40. The zero-order valence-corrected chi connectivity index (χ0v) is 12.3. The number of hydrogen-bond acceptors (Lipinski definition) is 6. The van der Waals surface area contributed by atoms with Gasteiger partial charge in [0, 0.05) is 39.3 Å². The van der Waals surface area contributed by atoms with Crippen LogP contribution in [-0.4, -0.2) is 43.4 Å². The molecule has 0 aromatic carbocycles. The molecule has 1 atom stereocenters. The third kappa shape index (κ3) is 3.33. The number of aromatic nitrogens is 4. The quantitative estimate of drug-likeness (QED) is 0.833. The SMILES string of the molecule is Cc1nc(C(=O)NCCC(O)(c2nccn2C)C(F)(F)F)no1. The number of carbonyl (C=O) groups is 1. The molecular weight excluding hydrogens is 319 g/mol. The second kappa shape index (κ2) is 5.99. The van der Waals surface area contributed by atoms with E-state index >= 15 is 0 Å². The molecule has 23 heavy (non-hydrogen) atoms. The maximum atomic E-state index is 13.2. The lowest BCUT2D eigenvalue weighted by molar-refractivity contribution is -0.272. The van der Waals surface area contributed by atoms with Gasteiger partial charge in [-0.15, -0.1) is 0 Å². The average molecular weight is 333 g/mol. The van der Waals surface area contributed by atoms with Gasteiger partial charge in [-0.05, 0) is 0 Å².